The Morgan fingerprint density at radius 3 is 2.37 bits per heavy atom. The van der Waals surface area contributed by atoms with Crippen molar-refractivity contribution in [2.24, 2.45) is 4.99 Å². The highest BCUT2D eigenvalue weighted by molar-refractivity contribution is 9.11. The van der Waals surface area contributed by atoms with E-state index in [9.17, 15) is 9.59 Å². The van der Waals surface area contributed by atoms with Gasteiger partial charge in [0.1, 0.15) is 12.4 Å². The molecule has 0 aliphatic carbocycles. The van der Waals surface area contributed by atoms with Gasteiger partial charge in [-0.2, -0.15) is 0 Å². The topological polar surface area (TPSA) is 69.9 Å². The van der Waals surface area contributed by atoms with Crippen molar-refractivity contribution in [3.05, 3.63) is 136 Å². The first-order chi connectivity index (χ1) is 20.7. The molecule has 9 heteroatoms. The van der Waals surface area contributed by atoms with Gasteiger partial charge in [-0.15, -0.1) is 0 Å². The maximum absolute atomic E-state index is 14.2. The van der Waals surface area contributed by atoms with Crippen LogP contribution in [-0.4, -0.2) is 23.8 Å². The van der Waals surface area contributed by atoms with E-state index in [2.05, 4.69) is 52.3 Å². The van der Waals surface area contributed by atoms with Gasteiger partial charge in [0.15, 0.2) is 4.80 Å². The van der Waals surface area contributed by atoms with Crippen LogP contribution in [0.25, 0.3) is 11.8 Å². The minimum atomic E-state index is -0.720. The third-order valence-electron chi connectivity index (χ3n) is 6.96. The summed E-state index contributed by atoms with van der Waals surface area (Å²) in [6.45, 7) is 10.3. The molecule has 1 aromatic heterocycles. The molecule has 220 valence electrons. The quantitative estimate of drug-likeness (QED) is 0.136. The van der Waals surface area contributed by atoms with Crippen LogP contribution in [0.5, 0.6) is 5.75 Å². The van der Waals surface area contributed by atoms with Crippen LogP contribution in [0.2, 0.25) is 0 Å². The first-order valence-corrected chi connectivity index (χ1v) is 16.2. The van der Waals surface area contributed by atoms with Crippen LogP contribution >= 0.6 is 43.2 Å². The van der Waals surface area contributed by atoms with E-state index in [1.165, 1.54) is 11.3 Å². The fourth-order valence-corrected chi connectivity index (χ4v) is 7.37. The number of halogens is 2. The monoisotopic (exact) mass is 720 g/mol. The second kappa shape index (κ2) is 13.4. The Bertz CT molecular complexity index is 1870. The van der Waals surface area contributed by atoms with Crippen molar-refractivity contribution in [2.75, 3.05) is 13.2 Å². The number of hydrogen-bond acceptors (Lipinski definition) is 6. The summed E-state index contributed by atoms with van der Waals surface area (Å²) in [4.78, 5) is 33.3. The number of rotatable bonds is 9. The molecule has 0 saturated heterocycles. The minimum absolute atomic E-state index is 0.199. The number of carbonyl (C=O) groups is 1. The van der Waals surface area contributed by atoms with E-state index < -0.39 is 12.0 Å². The molecule has 0 fully saturated rings. The third-order valence-corrected chi connectivity index (χ3v) is 9.12. The van der Waals surface area contributed by atoms with Crippen LogP contribution < -0.4 is 19.6 Å². The molecule has 43 heavy (non-hydrogen) atoms. The Balaban J connectivity index is 1.76. The van der Waals surface area contributed by atoms with Crippen molar-refractivity contribution >= 4 is 60.9 Å². The van der Waals surface area contributed by atoms with E-state index >= 15 is 0 Å². The van der Waals surface area contributed by atoms with Crippen molar-refractivity contribution in [3.8, 4) is 5.75 Å². The lowest BCUT2D eigenvalue weighted by Crippen LogP contribution is -2.40. The summed E-state index contributed by atoms with van der Waals surface area (Å²) in [5, 5.41) is 0. The molecule has 0 amide bonds. The lowest BCUT2D eigenvalue weighted by Gasteiger charge is -2.26. The van der Waals surface area contributed by atoms with E-state index in [0.717, 1.165) is 31.2 Å². The van der Waals surface area contributed by atoms with Gasteiger partial charge in [0, 0.05) is 5.56 Å². The zero-order valence-electron chi connectivity index (χ0n) is 24.0. The summed E-state index contributed by atoms with van der Waals surface area (Å²) in [6.07, 6.45) is 3.50. The SMILES string of the molecule is C=CCOc1c(Br)cc(/C=c2\sc3n(c2=O)[C@@H](c2ccc(C(C)C)cc2)C(C(=O)OCC)=C(c2ccccc2)N=3)cc1Br. The summed E-state index contributed by atoms with van der Waals surface area (Å²) in [5.74, 6) is 0.485. The Labute approximate surface area is 271 Å². The second-order valence-electron chi connectivity index (χ2n) is 10.2. The molecule has 2 heterocycles. The second-order valence-corrected chi connectivity index (χ2v) is 12.9. The maximum atomic E-state index is 14.2. The molecule has 4 aromatic rings. The molecule has 6 nitrogen and oxygen atoms in total. The summed E-state index contributed by atoms with van der Waals surface area (Å²) in [7, 11) is 0. The number of carbonyl (C=O) groups excluding carboxylic acids is 1. The maximum Gasteiger partial charge on any atom is 0.338 e. The molecular weight excluding hydrogens is 692 g/mol. The van der Waals surface area contributed by atoms with Crippen LogP contribution in [0.4, 0.5) is 0 Å². The molecule has 3 aromatic carbocycles. The number of benzene rings is 3. The lowest BCUT2D eigenvalue weighted by atomic mass is 9.91. The summed E-state index contributed by atoms with van der Waals surface area (Å²) in [5.41, 5.74) is 4.12. The molecule has 0 N–H and O–H groups in total. The van der Waals surface area contributed by atoms with Gasteiger partial charge in [0.25, 0.3) is 5.56 Å². The molecule has 0 bridgehead atoms. The largest absolute Gasteiger partial charge is 0.487 e. The van der Waals surface area contributed by atoms with Crippen LogP contribution in [0, 0.1) is 0 Å². The standard InChI is InChI=1S/C34H30Br2N2O4S/c1-5-16-42-31-25(35)17-21(18-26(31)36)19-27-32(39)38-30(24-14-12-22(13-15-24)20(3)4)28(33(40)41-6-2)29(37-34(38)43-27)23-10-8-7-9-11-23/h5,7-15,17-20,30H,1,6,16H2,2-4H3/b27-19-/t30-/m0/s1. The van der Waals surface area contributed by atoms with Gasteiger partial charge in [-0.3, -0.25) is 9.36 Å². The normalized spacial score (nSPS) is 14.8. The van der Waals surface area contributed by atoms with Crippen LogP contribution in [0.3, 0.4) is 0 Å². The van der Waals surface area contributed by atoms with Crippen molar-refractivity contribution in [2.45, 2.75) is 32.7 Å². The zero-order chi connectivity index (χ0) is 30.7. The van der Waals surface area contributed by atoms with Crippen LogP contribution in [-0.2, 0) is 9.53 Å². The zero-order valence-corrected chi connectivity index (χ0v) is 28.0. The van der Waals surface area contributed by atoms with Gasteiger partial charge >= 0.3 is 5.97 Å². The Morgan fingerprint density at radius 2 is 1.77 bits per heavy atom. The van der Waals surface area contributed by atoms with E-state index in [0.29, 0.717) is 38.9 Å². The van der Waals surface area contributed by atoms with Crippen LogP contribution in [0.15, 0.2) is 104 Å². The van der Waals surface area contributed by atoms with E-state index in [4.69, 9.17) is 14.5 Å². The van der Waals surface area contributed by atoms with Gasteiger partial charge in [-0.1, -0.05) is 92.4 Å². The van der Waals surface area contributed by atoms with Gasteiger partial charge < -0.3 is 9.47 Å². The molecule has 1 aliphatic rings. The Hall–Kier alpha value is -3.53. The van der Waals surface area contributed by atoms with Gasteiger partial charge in [-0.05, 0) is 79.6 Å². The number of fused-ring (bicyclic) bond motifs is 1. The average Bonchev–Trinajstić information content (AvgIpc) is 3.30. The molecule has 0 radical (unpaired) electrons. The fraction of sp³-hybridized carbons (Fsp3) is 0.206. The predicted octanol–water partition coefficient (Wildman–Crippen LogP) is 7.15. The molecule has 0 unspecified atom stereocenters. The van der Waals surface area contributed by atoms with Crippen LogP contribution in [0.1, 0.15) is 55.0 Å². The molecule has 0 spiro atoms. The highest BCUT2D eigenvalue weighted by Crippen LogP contribution is 2.37. The van der Waals surface area contributed by atoms with Gasteiger partial charge in [0.05, 0.1) is 37.4 Å². The van der Waals surface area contributed by atoms with Crippen molar-refractivity contribution in [3.63, 3.8) is 0 Å². The summed E-state index contributed by atoms with van der Waals surface area (Å²) >= 11 is 8.44. The lowest BCUT2D eigenvalue weighted by molar-refractivity contribution is -0.138. The van der Waals surface area contributed by atoms with Crippen molar-refractivity contribution in [1.29, 1.82) is 0 Å². The summed E-state index contributed by atoms with van der Waals surface area (Å²) in [6, 6.07) is 20.7. The minimum Gasteiger partial charge on any atom is -0.487 e. The number of esters is 1. The molecule has 5 rings (SSSR count). The van der Waals surface area contributed by atoms with E-state index in [-0.39, 0.29) is 12.2 Å². The third kappa shape index (κ3) is 6.39. The number of hydrogen-bond donors (Lipinski definition) is 0. The van der Waals surface area contributed by atoms with Gasteiger partial charge in [-0.25, -0.2) is 9.79 Å². The molecule has 1 aliphatic heterocycles. The van der Waals surface area contributed by atoms with Crippen molar-refractivity contribution < 1.29 is 14.3 Å². The highest BCUT2D eigenvalue weighted by Gasteiger charge is 2.35. The average molecular weight is 722 g/mol. The van der Waals surface area contributed by atoms with E-state index in [1.807, 2.05) is 72.8 Å². The first-order valence-electron chi connectivity index (χ1n) is 13.8. The Morgan fingerprint density at radius 1 is 1.09 bits per heavy atom. The number of thiazole rings is 1. The first kappa shape index (κ1) is 30.9. The molecule has 1 atom stereocenters. The predicted molar refractivity (Wildman–Crippen MR) is 179 cm³/mol. The number of nitrogens with zero attached hydrogens (tertiary/aromatic N) is 2. The molecule has 0 saturated carbocycles. The highest BCUT2D eigenvalue weighted by atomic mass is 79.9. The smallest absolute Gasteiger partial charge is 0.338 e. The fourth-order valence-electron chi connectivity index (χ4n) is 4.91. The van der Waals surface area contributed by atoms with E-state index in [1.54, 1.807) is 17.6 Å². The number of ether oxygens (including phenoxy) is 2. The Kier molecular flexibility index (Phi) is 9.64. The number of aromatic nitrogens is 1. The summed E-state index contributed by atoms with van der Waals surface area (Å²) < 4.78 is 14.9. The van der Waals surface area contributed by atoms with Crippen molar-refractivity contribution in [1.82, 2.24) is 4.57 Å². The molecular formula is C34H30Br2N2O4S. The van der Waals surface area contributed by atoms with Gasteiger partial charge in [0.2, 0.25) is 0 Å².